The van der Waals surface area contributed by atoms with Crippen LogP contribution in [0.2, 0.25) is 0 Å². The molecule has 0 heterocycles. The first-order valence-corrected chi connectivity index (χ1v) is 6.46. The molecule has 0 radical (unpaired) electrons. The van der Waals surface area contributed by atoms with E-state index in [9.17, 15) is 4.39 Å². The van der Waals surface area contributed by atoms with Crippen LogP contribution in [-0.2, 0) is 0 Å². The molecular weight excluding hydrogens is 241 g/mol. The van der Waals surface area contributed by atoms with Gasteiger partial charge in [0.25, 0.3) is 0 Å². The number of aryl methyl sites for hydroxylation is 1. The van der Waals surface area contributed by atoms with Crippen LogP contribution in [0.25, 0.3) is 11.1 Å². The number of nitrogens with two attached hydrogens (primary N) is 1. The van der Waals surface area contributed by atoms with Crippen LogP contribution in [0.15, 0.2) is 36.4 Å². The quantitative estimate of drug-likeness (QED) is 0.846. The number of anilines is 1. The van der Waals surface area contributed by atoms with E-state index in [4.69, 9.17) is 10.5 Å². The topological polar surface area (TPSA) is 35.2 Å². The van der Waals surface area contributed by atoms with Gasteiger partial charge in [0.2, 0.25) is 0 Å². The molecule has 0 atom stereocenters. The van der Waals surface area contributed by atoms with Crippen molar-refractivity contribution in [1.82, 2.24) is 0 Å². The molecule has 3 rings (SSSR count). The summed E-state index contributed by atoms with van der Waals surface area (Å²) < 4.78 is 19.8. The minimum Gasteiger partial charge on any atom is -0.490 e. The molecule has 3 heteroatoms. The van der Waals surface area contributed by atoms with Crippen molar-refractivity contribution in [3.05, 3.63) is 47.8 Å². The molecule has 98 valence electrons. The molecule has 0 saturated heterocycles. The van der Waals surface area contributed by atoms with Crippen molar-refractivity contribution in [3.63, 3.8) is 0 Å². The van der Waals surface area contributed by atoms with E-state index < -0.39 is 0 Å². The maximum absolute atomic E-state index is 14.0. The van der Waals surface area contributed by atoms with Crippen molar-refractivity contribution in [1.29, 1.82) is 0 Å². The van der Waals surface area contributed by atoms with E-state index in [1.54, 1.807) is 13.0 Å². The zero-order valence-corrected chi connectivity index (χ0v) is 10.8. The van der Waals surface area contributed by atoms with Crippen LogP contribution in [0, 0.1) is 12.7 Å². The zero-order valence-electron chi connectivity index (χ0n) is 10.8. The molecule has 1 aliphatic rings. The maximum atomic E-state index is 14.0. The number of hydrogen-bond donors (Lipinski definition) is 1. The fourth-order valence-electron chi connectivity index (χ4n) is 2.03. The summed E-state index contributed by atoms with van der Waals surface area (Å²) in [6, 6.07) is 10.7. The molecule has 1 fully saturated rings. The lowest BCUT2D eigenvalue weighted by atomic mass is 10.0. The SMILES string of the molecule is Cc1cc(F)c(-c2cccc(OC3CC3)c2)cc1N. The number of halogens is 1. The smallest absolute Gasteiger partial charge is 0.131 e. The molecule has 0 aliphatic heterocycles. The van der Waals surface area contributed by atoms with Gasteiger partial charge in [0.15, 0.2) is 0 Å². The highest BCUT2D eigenvalue weighted by Crippen LogP contribution is 2.32. The average Bonchev–Trinajstić information content (AvgIpc) is 3.18. The van der Waals surface area contributed by atoms with Gasteiger partial charge < -0.3 is 10.5 Å². The summed E-state index contributed by atoms with van der Waals surface area (Å²) in [5, 5.41) is 0. The summed E-state index contributed by atoms with van der Waals surface area (Å²) in [5.41, 5.74) is 8.53. The van der Waals surface area contributed by atoms with E-state index >= 15 is 0 Å². The van der Waals surface area contributed by atoms with Crippen molar-refractivity contribution in [2.75, 3.05) is 5.73 Å². The van der Waals surface area contributed by atoms with Crippen LogP contribution in [0.1, 0.15) is 18.4 Å². The number of benzene rings is 2. The predicted octanol–water partition coefficient (Wildman–Crippen LogP) is 3.92. The molecule has 0 bridgehead atoms. The predicted molar refractivity (Wildman–Crippen MR) is 74.6 cm³/mol. The number of hydrogen-bond acceptors (Lipinski definition) is 2. The summed E-state index contributed by atoms with van der Waals surface area (Å²) in [4.78, 5) is 0. The number of rotatable bonds is 3. The Balaban J connectivity index is 1.98. The first-order chi connectivity index (χ1) is 9.13. The van der Waals surface area contributed by atoms with Crippen molar-refractivity contribution in [3.8, 4) is 16.9 Å². The van der Waals surface area contributed by atoms with Crippen LogP contribution in [0.4, 0.5) is 10.1 Å². The Hall–Kier alpha value is -2.03. The third-order valence-electron chi connectivity index (χ3n) is 3.33. The Morgan fingerprint density at radius 3 is 2.74 bits per heavy atom. The van der Waals surface area contributed by atoms with Gasteiger partial charge in [0, 0.05) is 11.3 Å². The van der Waals surface area contributed by atoms with E-state index in [1.165, 1.54) is 6.07 Å². The molecule has 0 spiro atoms. The van der Waals surface area contributed by atoms with Crippen LogP contribution < -0.4 is 10.5 Å². The highest BCUT2D eigenvalue weighted by molar-refractivity contribution is 5.70. The van der Waals surface area contributed by atoms with E-state index in [0.717, 1.165) is 29.7 Å². The molecule has 0 aromatic heterocycles. The molecule has 19 heavy (non-hydrogen) atoms. The third-order valence-corrected chi connectivity index (χ3v) is 3.33. The van der Waals surface area contributed by atoms with Gasteiger partial charge in [-0.05, 0) is 55.2 Å². The Morgan fingerprint density at radius 1 is 1.21 bits per heavy atom. The van der Waals surface area contributed by atoms with Gasteiger partial charge in [0.05, 0.1) is 6.10 Å². The van der Waals surface area contributed by atoms with Gasteiger partial charge >= 0.3 is 0 Å². The van der Waals surface area contributed by atoms with Crippen LogP contribution >= 0.6 is 0 Å². The second-order valence-corrected chi connectivity index (χ2v) is 5.03. The second kappa shape index (κ2) is 4.57. The van der Waals surface area contributed by atoms with E-state index in [1.807, 2.05) is 24.3 Å². The van der Waals surface area contributed by atoms with Gasteiger partial charge in [-0.25, -0.2) is 4.39 Å². The molecule has 2 aromatic carbocycles. The highest BCUT2D eigenvalue weighted by atomic mass is 19.1. The standard InChI is InChI=1S/C16H16FNO/c1-10-7-15(17)14(9-16(10)18)11-3-2-4-13(8-11)19-12-5-6-12/h2-4,7-9,12H,5-6,18H2,1H3. The summed E-state index contributed by atoms with van der Waals surface area (Å²) in [6.45, 7) is 1.80. The summed E-state index contributed by atoms with van der Waals surface area (Å²) in [7, 11) is 0. The molecule has 1 aliphatic carbocycles. The normalized spacial score (nSPS) is 14.4. The highest BCUT2D eigenvalue weighted by Gasteiger charge is 2.23. The average molecular weight is 257 g/mol. The minimum atomic E-state index is -0.254. The monoisotopic (exact) mass is 257 g/mol. The number of nitrogen functional groups attached to an aromatic ring is 1. The van der Waals surface area contributed by atoms with Gasteiger partial charge in [-0.2, -0.15) is 0 Å². The lowest BCUT2D eigenvalue weighted by Crippen LogP contribution is -1.97. The third kappa shape index (κ3) is 2.55. The van der Waals surface area contributed by atoms with E-state index in [-0.39, 0.29) is 5.82 Å². The van der Waals surface area contributed by atoms with Crippen molar-refractivity contribution in [2.24, 2.45) is 0 Å². The van der Waals surface area contributed by atoms with Crippen LogP contribution in [-0.4, -0.2) is 6.10 Å². The lowest BCUT2D eigenvalue weighted by Gasteiger charge is -2.10. The van der Waals surface area contributed by atoms with Crippen molar-refractivity contribution >= 4 is 5.69 Å². The Labute approximate surface area is 112 Å². The fourth-order valence-corrected chi connectivity index (χ4v) is 2.03. The van der Waals surface area contributed by atoms with Gasteiger partial charge in [-0.3, -0.25) is 0 Å². The van der Waals surface area contributed by atoms with Gasteiger partial charge in [-0.15, -0.1) is 0 Å². The molecule has 2 nitrogen and oxygen atoms in total. The largest absolute Gasteiger partial charge is 0.490 e. The first kappa shape index (κ1) is 12.0. The fraction of sp³-hybridized carbons (Fsp3) is 0.250. The van der Waals surface area contributed by atoms with E-state index in [0.29, 0.717) is 17.4 Å². The first-order valence-electron chi connectivity index (χ1n) is 6.46. The Kier molecular flexibility index (Phi) is 2.90. The molecule has 2 N–H and O–H groups in total. The molecule has 1 saturated carbocycles. The second-order valence-electron chi connectivity index (χ2n) is 5.03. The van der Waals surface area contributed by atoms with Gasteiger partial charge in [-0.1, -0.05) is 12.1 Å². The summed E-state index contributed by atoms with van der Waals surface area (Å²) in [5.74, 6) is 0.536. The summed E-state index contributed by atoms with van der Waals surface area (Å²) >= 11 is 0. The zero-order chi connectivity index (χ0) is 13.4. The van der Waals surface area contributed by atoms with Crippen LogP contribution in [0.3, 0.4) is 0 Å². The molecule has 2 aromatic rings. The van der Waals surface area contributed by atoms with Crippen molar-refractivity contribution < 1.29 is 9.13 Å². The van der Waals surface area contributed by atoms with Crippen LogP contribution in [0.5, 0.6) is 5.75 Å². The minimum absolute atomic E-state index is 0.254. The van der Waals surface area contributed by atoms with E-state index in [2.05, 4.69) is 0 Å². The number of ether oxygens (including phenoxy) is 1. The summed E-state index contributed by atoms with van der Waals surface area (Å²) in [6.07, 6.45) is 2.55. The molecule has 0 amide bonds. The lowest BCUT2D eigenvalue weighted by molar-refractivity contribution is 0.303. The Morgan fingerprint density at radius 2 is 2.00 bits per heavy atom. The van der Waals surface area contributed by atoms with Crippen molar-refractivity contribution in [2.45, 2.75) is 25.9 Å². The Bertz CT molecular complexity index is 620. The molecular formula is C16H16FNO. The maximum Gasteiger partial charge on any atom is 0.131 e. The molecule has 0 unspecified atom stereocenters. The van der Waals surface area contributed by atoms with Gasteiger partial charge in [0.1, 0.15) is 11.6 Å².